The van der Waals surface area contributed by atoms with Crippen molar-refractivity contribution in [2.75, 3.05) is 32.8 Å². The third-order valence-corrected chi connectivity index (χ3v) is 4.51. The molecule has 0 heterocycles. The maximum absolute atomic E-state index is 10.4. The van der Waals surface area contributed by atoms with Gasteiger partial charge < -0.3 is 25.2 Å². The predicted molar refractivity (Wildman–Crippen MR) is 127 cm³/mol. The summed E-state index contributed by atoms with van der Waals surface area (Å²) in [5.41, 5.74) is 0.438. The van der Waals surface area contributed by atoms with E-state index in [-0.39, 0.29) is 24.0 Å². The van der Waals surface area contributed by atoms with Gasteiger partial charge in [-0.1, -0.05) is 19.9 Å². The molecule has 162 valence electrons. The number of aliphatic hydroxyl groups is 1. The number of halogens is 1. The lowest BCUT2D eigenvalue weighted by atomic mass is 9.98. The van der Waals surface area contributed by atoms with Crippen LogP contribution >= 0.6 is 24.0 Å². The second-order valence-corrected chi connectivity index (χ2v) is 6.45. The first-order valence-electron chi connectivity index (χ1n) is 10.1. The second kappa shape index (κ2) is 14.7. The van der Waals surface area contributed by atoms with Crippen molar-refractivity contribution >= 4 is 29.9 Å². The van der Waals surface area contributed by atoms with Gasteiger partial charge in [0.1, 0.15) is 0 Å². The van der Waals surface area contributed by atoms with Crippen LogP contribution in [0.4, 0.5) is 0 Å². The second-order valence-electron chi connectivity index (χ2n) is 6.45. The van der Waals surface area contributed by atoms with E-state index in [9.17, 15) is 5.11 Å². The summed E-state index contributed by atoms with van der Waals surface area (Å²) in [6.07, 6.45) is 2.22. The van der Waals surface area contributed by atoms with Crippen LogP contribution in [-0.2, 0) is 6.42 Å². The molecule has 0 spiro atoms. The summed E-state index contributed by atoms with van der Waals surface area (Å²) in [7, 11) is 0. The van der Waals surface area contributed by atoms with E-state index in [1.807, 2.05) is 46.8 Å². The minimum atomic E-state index is -0.732. The zero-order valence-corrected chi connectivity index (χ0v) is 20.3. The molecule has 0 fully saturated rings. The van der Waals surface area contributed by atoms with Crippen molar-refractivity contribution in [3.05, 3.63) is 23.8 Å². The van der Waals surface area contributed by atoms with Gasteiger partial charge in [-0.15, -0.1) is 24.0 Å². The normalized spacial score (nSPS) is 11.6. The van der Waals surface area contributed by atoms with Crippen molar-refractivity contribution in [3.8, 4) is 11.5 Å². The van der Waals surface area contributed by atoms with Crippen LogP contribution < -0.4 is 20.1 Å². The van der Waals surface area contributed by atoms with Crippen LogP contribution in [0.15, 0.2) is 23.2 Å². The summed E-state index contributed by atoms with van der Waals surface area (Å²) in [5, 5.41) is 17.0. The molecule has 0 aromatic heterocycles. The average Bonchev–Trinajstić information content (AvgIpc) is 2.68. The van der Waals surface area contributed by atoms with Crippen LogP contribution in [-0.4, -0.2) is 49.5 Å². The Hall–Kier alpha value is -1.22. The topological polar surface area (TPSA) is 75.1 Å². The fourth-order valence-electron chi connectivity index (χ4n) is 2.62. The molecule has 0 aliphatic heterocycles. The molecule has 28 heavy (non-hydrogen) atoms. The molecule has 0 atom stereocenters. The zero-order valence-electron chi connectivity index (χ0n) is 18.0. The first-order chi connectivity index (χ1) is 13.0. The number of hydrogen-bond acceptors (Lipinski definition) is 4. The first-order valence-corrected chi connectivity index (χ1v) is 10.1. The molecule has 0 radical (unpaired) electrons. The van der Waals surface area contributed by atoms with E-state index in [0.717, 1.165) is 37.0 Å². The number of benzene rings is 1. The minimum Gasteiger partial charge on any atom is -0.490 e. The Morgan fingerprint density at radius 2 is 1.64 bits per heavy atom. The molecule has 6 nitrogen and oxygen atoms in total. The van der Waals surface area contributed by atoms with E-state index < -0.39 is 5.60 Å². The average molecular weight is 507 g/mol. The van der Waals surface area contributed by atoms with Crippen LogP contribution in [0.3, 0.4) is 0 Å². The molecule has 1 aromatic rings. The summed E-state index contributed by atoms with van der Waals surface area (Å²) in [6, 6.07) is 6.06. The van der Waals surface area contributed by atoms with Crippen LogP contribution in [0.5, 0.6) is 11.5 Å². The third-order valence-electron chi connectivity index (χ3n) is 4.51. The molecular weight excluding hydrogens is 469 g/mol. The van der Waals surface area contributed by atoms with Gasteiger partial charge in [0.15, 0.2) is 17.5 Å². The molecule has 1 rings (SSSR count). The minimum absolute atomic E-state index is 0. The fraction of sp³-hybridized carbons (Fsp3) is 0.667. The predicted octanol–water partition coefficient (Wildman–Crippen LogP) is 3.75. The summed E-state index contributed by atoms with van der Waals surface area (Å²) < 4.78 is 11.3. The largest absolute Gasteiger partial charge is 0.490 e. The van der Waals surface area contributed by atoms with Gasteiger partial charge >= 0.3 is 0 Å². The van der Waals surface area contributed by atoms with Gasteiger partial charge in [-0.25, -0.2) is 0 Å². The Bertz CT molecular complexity index is 578. The lowest BCUT2D eigenvalue weighted by Crippen LogP contribution is -2.40. The van der Waals surface area contributed by atoms with Gasteiger partial charge in [-0.05, 0) is 57.7 Å². The van der Waals surface area contributed by atoms with E-state index in [0.29, 0.717) is 32.6 Å². The highest BCUT2D eigenvalue weighted by Gasteiger charge is 2.21. The Labute approximate surface area is 187 Å². The fourth-order valence-corrected chi connectivity index (χ4v) is 2.62. The van der Waals surface area contributed by atoms with E-state index in [1.54, 1.807) is 0 Å². The van der Waals surface area contributed by atoms with Crippen LogP contribution in [0, 0.1) is 0 Å². The van der Waals surface area contributed by atoms with Crippen molar-refractivity contribution in [1.82, 2.24) is 10.6 Å². The van der Waals surface area contributed by atoms with Gasteiger partial charge in [0.25, 0.3) is 0 Å². The molecular formula is C21H38IN3O3. The lowest BCUT2D eigenvalue weighted by Gasteiger charge is -2.23. The molecule has 0 aliphatic rings. The number of ether oxygens (including phenoxy) is 2. The number of aliphatic imine (C=N–C) groups is 1. The van der Waals surface area contributed by atoms with Crippen molar-refractivity contribution in [2.45, 2.75) is 59.5 Å². The van der Waals surface area contributed by atoms with Gasteiger partial charge in [0.05, 0.1) is 25.4 Å². The van der Waals surface area contributed by atoms with E-state index in [4.69, 9.17) is 9.47 Å². The number of nitrogens with zero attached hydrogens (tertiary/aromatic N) is 1. The monoisotopic (exact) mass is 507 g/mol. The quantitative estimate of drug-likeness (QED) is 0.228. The van der Waals surface area contributed by atoms with E-state index in [2.05, 4.69) is 21.7 Å². The van der Waals surface area contributed by atoms with Gasteiger partial charge in [0, 0.05) is 13.1 Å². The van der Waals surface area contributed by atoms with E-state index >= 15 is 0 Å². The molecule has 3 N–H and O–H groups in total. The van der Waals surface area contributed by atoms with Gasteiger partial charge in [-0.2, -0.15) is 0 Å². The highest BCUT2D eigenvalue weighted by molar-refractivity contribution is 14.0. The molecule has 1 aromatic carbocycles. The van der Waals surface area contributed by atoms with Crippen molar-refractivity contribution in [3.63, 3.8) is 0 Å². The first kappa shape index (κ1) is 26.8. The molecule has 0 amide bonds. The summed E-state index contributed by atoms with van der Waals surface area (Å²) in [6.45, 7) is 13.1. The van der Waals surface area contributed by atoms with Crippen LogP contribution in [0.25, 0.3) is 0 Å². The van der Waals surface area contributed by atoms with Crippen LogP contribution in [0.1, 0.15) is 53.0 Å². The van der Waals surface area contributed by atoms with Crippen molar-refractivity contribution < 1.29 is 14.6 Å². The lowest BCUT2D eigenvalue weighted by molar-refractivity contribution is 0.0418. The highest BCUT2D eigenvalue weighted by atomic mass is 127. The number of nitrogens with one attached hydrogen (secondary N) is 2. The third kappa shape index (κ3) is 9.32. The molecule has 7 heteroatoms. The Balaban J connectivity index is 0.00000729. The van der Waals surface area contributed by atoms with E-state index in [1.165, 1.54) is 5.56 Å². The number of guanidine groups is 1. The molecule has 0 bridgehead atoms. The number of hydrogen-bond donors (Lipinski definition) is 3. The van der Waals surface area contributed by atoms with Crippen molar-refractivity contribution in [2.24, 2.45) is 4.99 Å². The molecule has 0 saturated heterocycles. The smallest absolute Gasteiger partial charge is 0.191 e. The van der Waals surface area contributed by atoms with Gasteiger partial charge in [-0.3, -0.25) is 4.99 Å². The molecule has 0 saturated carbocycles. The Morgan fingerprint density at radius 1 is 1.00 bits per heavy atom. The SMILES string of the molecule is CCNC(=NCC(O)(CC)CC)NCCc1ccc(OCC)c(OCC)c1.I. The highest BCUT2D eigenvalue weighted by Crippen LogP contribution is 2.28. The Kier molecular flexibility index (Phi) is 14.1. The zero-order chi connectivity index (χ0) is 20.1. The maximum atomic E-state index is 10.4. The standard InChI is InChI=1S/C21H37N3O3.HI/c1-6-21(25,7-2)16-24-20(22-8-3)23-14-13-17-11-12-18(26-9-4)19(15-17)27-10-5;/h11-12,15,25H,6-10,13-14,16H2,1-5H3,(H2,22,23,24);1H. The summed E-state index contributed by atoms with van der Waals surface area (Å²) in [5.74, 6) is 2.30. The summed E-state index contributed by atoms with van der Waals surface area (Å²) in [4.78, 5) is 4.54. The number of rotatable bonds is 12. The van der Waals surface area contributed by atoms with Crippen LogP contribution in [0.2, 0.25) is 0 Å². The van der Waals surface area contributed by atoms with Gasteiger partial charge in [0.2, 0.25) is 0 Å². The Morgan fingerprint density at radius 3 is 2.21 bits per heavy atom. The van der Waals surface area contributed by atoms with Crippen molar-refractivity contribution in [1.29, 1.82) is 0 Å². The maximum Gasteiger partial charge on any atom is 0.191 e. The molecule has 0 unspecified atom stereocenters. The molecule has 0 aliphatic carbocycles. The summed E-state index contributed by atoms with van der Waals surface area (Å²) >= 11 is 0.